The summed E-state index contributed by atoms with van der Waals surface area (Å²) in [6, 6.07) is 6.15. The Morgan fingerprint density at radius 3 is 2.50 bits per heavy atom. The predicted molar refractivity (Wildman–Crippen MR) is 79.5 cm³/mol. The first-order valence-electron chi connectivity index (χ1n) is 6.84. The summed E-state index contributed by atoms with van der Waals surface area (Å²) in [7, 11) is 0. The number of aryl methyl sites for hydroxylation is 1. The molecule has 0 amide bonds. The molecule has 0 spiro atoms. The van der Waals surface area contributed by atoms with Crippen molar-refractivity contribution in [1.82, 2.24) is 10.2 Å². The van der Waals surface area contributed by atoms with Crippen LogP contribution in [0, 0.1) is 0 Å². The van der Waals surface area contributed by atoms with Crippen LogP contribution in [0.25, 0.3) is 6.08 Å². The molecular weight excluding hydrogens is 336 g/mol. The van der Waals surface area contributed by atoms with Crippen LogP contribution in [0.4, 0.5) is 0 Å². The first-order chi connectivity index (χ1) is 11.5. The molecule has 0 fully saturated rings. The Bertz CT molecular complexity index is 754. The van der Waals surface area contributed by atoms with Crippen LogP contribution >= 0.6 is 11.8 Å². The predicted octanol–water partition coefficient (Wildman–Crippen LogP) is -0.356. The van der Waals surface area contributed by atoms with Gasteiger partial charge in [0.1, 0.15) is 12.4 Å². The highest BCUT2D eigenvalue weighted by Gasteiger charge is 2.10. The Kier molecular flexibility index (Phi) is 5.96. The zero-order valence-electron chi connectivity index (χ0n) is 12.6. The molecule has 126 valence electrons. The minimum Gasteiger partial charge on any atom is -0.546 e. The molecule has 0 atom stereocenters. The van der Waals surface area contributed by atoms with Gasteiger partial charge in [-0.3, -0.25) is 0 Å². The van der Waals surface area contributed by atoms with Gasteiger partial charge in [-0.2, -0.15) is 0 Å². The van der Waals surface area contributed by atoms with E-state index in [0.717, 1.165) is 11.8 Å². The molecule has 0 radical (unpaired) electrons. The number of carbonyl (C=O) groups is 2. The van der Waals surface area contributed by atoms with E-state index in [1.54, 1.807) is 12.1 Å². The van der Waals surface area contributed by atoms with Crippen molar-refractivity contribution in [3.63, 3.8) is 0 Å². The van der Waals surface area contributed by atoms with Gasteiger partial charge < -0.3 is 29.0 Å². The van der Waals surface area contributed by atoms with E-state index in [4.69, 9.17) is 9.15 Å². The standard InChI is InChI=1S/C15H14N2O6S/c1-2-12-16-17-15(23-12)24-11(14(20)21)7-9-3-5-10(6-4-9)22-8-13(18)19/h3-7H,2,8H2,1H3,(H,18,19)(H,20,21)/p-2/b11-7-. The average Bonchev–Trinajstić information content (AvgIpc) is 3.01. The number of benzene rings is 1. The number of aromatic nitrogens is 2. The van der Waals surface area contributed by atoms with Crippen LogP contribution in [-0.4, -0.2) is 28.7 Å². The third-order valence-corrected chi connectivity index (χ3v) is 3.53. The highest BCUT2D eigenvalue weighted by Crippen LogP contribution is 2.27. The number of ether oxygens (including phenoxy) is 1. The summed E-state index contributed by atoms with van der Waals surface area (Å²) in [5.74, 6) is -1.98. The monoisotopic (exact) mass is 348 g/mol. The van der Waals surface area contributed by atoms with Crippen LogP contribution in [0.15, 0.2) is 38.8 Å². The number of thioether (sulfide) groups is 1. The molecule has 0 saturated heterocycles. The number of hydrogen-bond donors (Lipinski definition) is 0. The van der Waals surface area contributed by atoms with Gasteiger partial charge in [0.15, 0.2) is 0 Å². The lowest BCUT2D eigenvalue weighted by Gasteiger charge is -2.08. The van der Waals surface area contributed by atoms with Crippen molar-refractivity contribution in [1.29, 1.82) is 0 Å². The maximum atomic E-state index is 11.2. The topological polar surface area (TPSA) is 128 Å². The molecule has 0 N–H and O–H groups in total. The summed E-state index contributed by atoms with van der Waals surface area (Å²) >= 11 is 0.788. The molecule has 0 bridgehead atoms. The summed E-state index contributed by atoms with van der Waals surface area (Å²) in [6.07, 6.45) is 1.92. The van der Waals surface area contributed by atoms with Crippen molar-refractivity contribution in [2.24, 2.45) is 0 Å². The van der Waals surface area contributed by atoms with Crippen molar-refractivity contribution in [2.45, 2.75) is 18.6 Å². The molecule has 1 aromatic heterocycles. The van der Waals surface area contributed by atoms with Crippen molar-refractivity contribution in [3.05, 3.63) is 40.6 Å². The van der Waals surface area contributed by atoms with Gasteiger partial charge >= 0.3 is 0 Å². The average molecular weight is 348 g/mol. The fraction of sp³-hybridized carbons (Fsp3) is 0.200. The van der Waals surface area contributed by atoms with Crippen LogP contribution in [-0.2, 0) is 16.0 Å². The van der Waals surface area contributed by atoms with E-state index < -0.39 is 18.5 Å². The van der Waals surface area contributed by atoms with E-state index in [2.05, 4.69) is 10.2 Å². The lowest BCUT2D eigenvalue weighted by atomic mass is 10.2. The summed E-state index contributed by atoms with van der Waals surface area (Å²) in [5, 5.41) is 29.2. The Morgan fingerprint density at radius 1 is 1.25 bits per heavy atom. The van der Waals surface area contributed by atoms with Gasteiger partial charge in [-0.15, -0.1) is 10.2 Å². The lowest BCUT2D eigenvalue weighted by molar-refractivity contribution is -0.307. The number of carboxylic acids is 2. The van der Waals surface area contributed by atoms with E-state index in [-0.39, 0.29) is 10.1 Å². The SMILES string of the molecule is CCc1nnc(S/C(=C\c2ccc(OCC(=O)[O-])cc2)C(=O)[O-])o1. The van der Waals surface area contributed by atoms with E-state index in [0.29, 0.717) is 23.6 Å². The second-order valence-corrected chi connectivity index (χ2v) is 5.44. The third-order valence-electron chi connectivity index (χ3n) is 2.68. The molecule has 0 aliphatic rings. The molecule has 1 heterocycles. The van der Waals surface area contributed by atoms with Crippen LogP contribution < -0.4 is 14.9 Å². The molecular formula is C15H12N2O6S-2. The quantitative estimate of drug-likeness (QED) is 0.464. The Hall–Kier alpha value is -2.81. The van der Waals surface area contributed by atoms with Gasteiger partial charge in [-0.1, -0.05) is 19.1 Å². The Labute approximate surface area is 141 Å². The van der Waals surface area contributed by atoms with Crippen LogP contribution in [0.5, 0.6) is 5.75 Å². The Balaban J connectivity index is 2.12. The number of carbonyl (C=O) groups excluding carboxylic acids is 2. The smallest absolute Gasteiger partial charge is 0.281 e. The van der Waals surface area contributed by atoms with Crippen LogP contribution in [0.3, 0.4) is 0 Å². The zero-order chi connectivity index (χ0) is 17.5. The lowest BCUT2D eigenvalue weighted by Crippen LogP contribution is -2.28. The maximum Gasteiger partial charge on any atom is 0.281 e. The van der Waals surface area contributed by atoms with E-state index in [9.17, 15) is 19.8 Å². The third kappa shape index (κ3) is 5.13. The van der Waals surface area contributed by atoms with E-state index in [1.165, 1.54) is 18.2 Å². The van der Waals surface area contributed by atoms with Crippen LogP contribution in [0.2, 0.25) is 0 Å². The van der Waals surface area contributed by atoms with Gasteiger partial charge in [0.05, 0.1) is 11.9 Å². The number of nitrogens with zero attached hydrogens (tertiary/aromatic N) is 2. The highest BCUT2D eigenvalue weighted by molar-refractivity contribution is 8.03. The number of carboxylic acid groups (broad SMARTS) is 2. The first kappa shape index (κ1) is 17.5. The Morgan fingerprint density at radius 2 is 1.96 bits per heavy atom. The zero-order valence-corrected chi connectivity index (χ0v) is 13.4. The molecule has 8 nitrogen and oxygen atoms in total. The summed E-state index contributed by atoms with van der Waals surface area (Å²) < 4.78 is 10.2. The molecule has 0 saturated carbocycles. The fourth-order valence-electron chi connectivity index (χ4n) is 1.60. The maximum absolute atomic E-state index is 11.2. The van der Waals surface area contributed by atoms with Gasteiger partial charge in [0.25, 0.3) is 5.22 Å². The number of hydrogen-bond acceptors (Lipinski definition) is 9. The van der Waals surface area contributed by atoms with E-state index in [1.807, 2.05) is 6.92 Å². The molecule has 24 heavy (non-hydrogen) atoms. The number of aliphatic carboxylic acids is 2. The molecule has 2 rings (SSSR count). The van der Waals surface area contributed by atoms with Gasteiger partial charge in [0.2, 0.25) is 5.89 Å². The van der Waals surface area contributed by atoms with Crippen molar-refractivity contribution in [2.75, 3.05) is 6.61 Å². The van der Waals surface area contributed by atoms with Crippen LogP contribution in [0.1, 0.15) is 18.4 Å². The first-order valence-corrected chi connectivity index (χ1v) is 7.65. The van der Waals surface area contributed by atoms with Gasteiger partial charge in [-0.05, 0) is 35.5 Å². The fourth-order valence-corrected chi connectivity index (χ4v) is 2.29. The molecule has 0 aliphatic carbocycles. The highest BCUT2D eigenvalue weighted by atomic mass is 32.2. The number of rotatable bonds is 8. The van der Waals surface area contributed by atoms with Gasteiger partial charge in [0, 0.05) is 11.3 Å². The minimum atomic E-state index is -1.38. The van der Waals surface area contributed by atoms with Gasteiger partial charge in [-0.25, -0.2) is 0 Å². The largest absolute Gasteiger partial charge is 0.546 e. The summed E-state index contributed by atoms with van der Waals surface area (Å²) in [5.41, 5.74) is 0.553. The molecule has 0 aliphatic heterocycles. The summed E-state index contributed by atoms with van der Waals surface area (Å²) in [4.78, 5) is 21.5. The molecule has 1 aromatic carbocycles. The van der Waals surface area contributed by atoms with Crippen molar-refractivity contribution < 1.29 is 29.0 Å². The van der Waals surface area contributed by atoms with Crippen molar-refractivity contribution >= 4 is 29.8 Å². The van der Waals surface area contributed by atoms with E-state index >= 15 is 0 Å². The molecule has 2 aromatic rings. The second kappa shape index (κ2) is 8.16. The summed E-state index contributed by atoms with van der Waals surface area (Å²) in [6.45, 7) is 1.27. The minimum absolute atomic E-state index is 0.107. The molecule has 0 unspecified atom stereocenters. The second-order valence-electron chi connectivity index (χ2n) is 4.44. The molecule has 9 heteroatoms. The normalized spacial score (nSPS) is 11.3. The van der Waals surface area contributed by atoms with Crippen molar-refractivity contribution in [3.8, 4) is 5.75 Å².